The van der Waals surface area contributed by atoms with Gasteiger partial charge >= 0.3 is 5.97 Å². The van der Waals surface area contributed by atoms with Crippen LogP contribution in [0.2, 0.25) is 0 Å². The Balaban J connectivity index is 2.33. The zero-order valence-corrected chi connectivity index (χ0v) is 10.4. The molecule has 90 valence electrons. The summed E-state index contributed by atoms with van der Waals surface area (Å²) in [6.45, 7) is 1.63. The predicted octanol–water partition coefficient (Wildman–Crippen LogP) is 0.341. The molecule has 0 spiro atoms. The third-order valence-electron chi connectivity index (χ3n) is 2.08. The Morgan fingerprint density at radius 2 is 2.38 bits per heavy atom. The SMILES string of the molecule is CC(SCC(=O)O)C(=O)NC1CCSC1=O. The molecule has 0 bridgehead atoms. The molecule has 2 atom stereocenters. The van der Waals surface area contributed by atoms with Crippen LogP contribution in [0.3, 0.4) is 0 Å². The van der Waals surface area contributed by atoms with Gasteiger partial charge in [-0.25, -0.2) is 0 Å². The lowest BCUT2D eigenvalue weighted by atomic mass is 10.2. The molecule has 5 nitrogen and oxygen atoms in total. The number of thioether (sulfide) groups is 2. The normalized spacial score (nSPS) is 21.8. The topological polar surface area (TPSA) is 83.5 Å². The molecule has 16 heavy (non-hydrogen) atoms. The second-order valence-electron chi connectivity index (χ2n) is 3.36. The third kappa shape index (κ3) is 4.05. The van der Waals surface area contributed by atoms with Gasteiger partial charge < -0.3 is 10.4 Å². The lowest BCUT2D eigenvalue weighted by Crippen LogP contribution is -2.41. The Hall–Kier alpha value is -0.690. The summed E-state index contributed by atoms with van der Waals surface area (Å²) in [6.07, 6.45) is 0.658. The van der Waals surface area contributed by atoms with Crippen molar-refractivity contribution in [1.29, 1.82) is 0 Å². The van der Waals surface area contributed by atoms with E-state index in [1.54, 1.807) is 6.92 Å². The minimum Gasteiger partial charge on any atom is -0.481 e. The van der Waals surface area contributed by atoms with E-state index in [1.807, 2.05) is 0 Å². The number of amides is 1. The largest absolute Gasteiger partial charge is 0.481 e. The van der Waals surface area contributed by atoms with Crippen LogP contribution >= 0.6 is 23.5 Å². The van der Waals surface area contributed by atoms with Crippen LogP contribution in [0.5, 0.6) is 0 Å². The second-order valence-corrected chi connectivity index (χ2v) is 5.79. The molecule has 2 unspecified atom stereocenters. The average Bonchev–Trinajstić information content (AvgIpc) is 2.60. The first-order chi connectivity index (χ1) is 7.50. The second kappa shape index (κ2) is 6.15. The maximum atomic E-state index is 11.6. The molecule has 1 heterocycles. The van der Waals surface area contributed by atoms with Crippen LogP contribution in [0.4, 0.5) is 0 Å². The van der Waals surface area contributed by atoms with Crippen molar-refractivity contribution in [1.82, 2.24) is 5.32 Å². The van der Waals surface area contributed by atoms with E-state index in [0.717, 1.165) is 17.5 Å². The first kappa shape index (κ1) is 13.4. The molecule has 1 rings (SSSR count). The fourth-order valence-corrected chi connectivity index (χ4v) is 2.73. The summed E-state index contributed by atoms with van der Waals surface area (Å²) < 4.78 is 0. The monoisotopic (exact) mass is 263 g/mol. The van der Waals surface area contributed by atoms with Gasteiger partial charge in [0.25, 0.3) is 0 Å². The fourth-order valence-electron chi connectivity index (χ4n) is 1.19. The van der Waals surface area contributed by atoms with E-state index >= 15 is 0 Å². The van der Waals surface area contributed by atoms with Gasteiger partial charge in [0.1, 0.15) is 0 Å². The van der Waals surface area contributed by atoms with Crippen LogP contribution in [0.1, 0.15) is 13.3 Å². The summed E-state index contributed by atoms with van der Waals surface area (Å²) in [5.74, 6) is -0.591. The molecule has 0 aromatic rings. The van der Waals surface area contributed by atoms with E-state index < -0.39 is 17.3 Å². The summed E-state index contributed by atoms with van der Waals surface area (Å²) in [5, 5.41) is 10.6. The van der Waals surface area contributed by atoms with Crippen LogP contribution in [0.15, 0.2) is 0 Å². The van der Waals surface area contributed by atoms with Crippen molar-refractivity contribution >= 4 is 40.5 Å². The van der Waals surface area contributed by atoms with Gasteiger partial charge in [-0.1, -0.05) is 11.8 Å². The summed E-state index contributed by atoms with van der Waals surface area (Å²) in [7, 11) is 0. The van der Waals surface area contributed by atoms with Gasteiger partial charge in [-0.2, -0.15) is 0 Å². The Morgan fingerprint density at radius 1 is 1.69 bits per heavy atom. The predicted molar refractivity (Wildman–Crippen MR) is 63.6 cm³/mol. The molecule has 0 aromatic carbocycles. The number of carbonyl (C=O) groups excluding carboxylic acids is 2. The molecule has 0 aliphatic carbocycles. The molecular weight excluding hydrogens is 250 g/mol. The molecule has 2 N–H and O–H groups in total. The van der Waals surface area contributed by atoms with Gasteiger partial charge in [0.05, 0.1) is 17.0 Å². The number of aliphatic carboxylic acids is 1. The molecule has 1 aliphatic heterocycles. The van der Waals surface area contributed by atoms with Gasteiger partial charge in [0.2, 0.25) is 11.0 Å². The lowest BCUT2D eigenvalue weighted by Gasteiger charge is -2.14. The van der Waals surface area contributed by atoms with Gasteiger partial charge in [0.15, 0.2) is 0 Å². The standard InChI is InChI=1S/C9H13NO4S2/c1-5(16-4-7(11)12)8(13)10-6-2-3-15-9(6)14/h5-6H,2-4H2,1H3,(H,10,13)(H,11,12). The van der Waals surface area contributed by atoms with Gasteiger partial charge in [-0.15, -0.1) is 11.8 Å². The zero-order chi connectivity index (χ0) is 12.1. The van der Waals surface area contributed by atoms with Crippen LogP contribution in [-0.2, 0) is 14.4 Å². The number of hydrogen-bond acceptors (Lipinski definition) is 5. The van der Waals surface area contributed by atoms with Crippen LogP contribution in [0, 0.1) is 0 Å². The molecule has 1 fully saturated rings. The maximum absolute atomic E-state index is 11.6. The van der Waals surface area contributed by atoms with Crippen molar-refractivity contribution < 1.29 is 19.5 Å². The van der Waals surface area contributed by atoms with E-state index in [1.165, 1.54) is 11.8 Å². The Bertz CT molecular complexity index is 308. The van der Waals surface area contributed by atoms with Crippen LogP contribution in [0.25, 0.3) is 0 Å². The summed E-state index contributed by atoms with van der Waals surface area (Å²) in [5.41, 5.74) is 0. The Labute approximate surface area is 102 Å². The summed E-state index contributed by atoms with van der Waals surface area (Å²) >= 11 is 2.27. The number of hydrogen-bond donors (Lipinski definition) is 2. The van der Waals surface area contributed by atoms with Gasteiger partial charge in [0, 0.05) is 5.75 Å². The van der Waals surface area contributed by atoms with Crippen molar-refractivity contribution in [3.05, 3.63) is 0 Å². The molecule has 0 aromatic heterocycles. The molecule has 0 saturated carbocycles. The zero-order valence-electron chi connectivity index (χ0n) is 8.76. The Morgan fingerprint density at radius 3 is 2.88 bits per heavy atom. The van der Waals surface area contributed by atoms with Crippen LogP contribution < -0.4 is 5.32 Å². The van der Waals surface area contributed by atoms with Crippen molar-refractivity contribution in [2.24, 2.45) is 0 Å². The third-order valence-corrected chi connectivity index (χ3v) is 4.21. The molecule has 7 heteroatoms. The molecule has 1 aliphatic rings. The number of carboxylic acid groups (broad SMARTS) is 1. The quantitative estimate of drug-likeness (QED) is 0.744. The highest BCUT2D eigenvalue weighted by molar-refractivity contribution is 8.14. The van der Waals surface area contributed by atoms with Gasteiger partial charge in [-0.3, -0.25) is 14.4 Å². The summed E-state index contributed by atoms with van der Waals surface area (Å²) in [6, 6.07) is -0.398. The molecule has 1 amide bonds. The minimum atomic E-state index is -0.947. The smallest absolute Gasteiger partial charge is 0.313 e. The van der Waals surface area contributed by atoms with Crippen molar-refractivity contribution in [3.63, 3.8) is 0 Å². The van der Waals surface area contributed by atoms with E-state index in [0.29, 0.717) is 6.42 Å². The highest BCUT2D eigenvalue weighted by Gasteiger charge is 2.28. The average molecular weight is 263 g/mol. The number of nitrogens with one attached hydrogen (secondary N) is 1. The Kier molecular flexibility index (Phi) is 5.14. The lowest BCUT2D eigenvalue weighted by molar-refractivity contribution is -0.133. The highest BCUT2D eigenvalue weighted by atomic mass is 32.2. The van der Waals surface area contributed by atoms with E-state index in [4.69, 9.17) is 5.11 Å². The van der Waals surface area contributed by atoms with Crippen LogP contribution in [-0.4, -0.2) is 44.9 Å². The first-order valence-electron chi connectivity index (χ1n) is 4.81. The van der Waals surface area contributed by atoms with Crippen molar-refractivity contribution in [3.8, 4) is 0 Å². The fraction of sp³-hybridized carbons (Fsp3) is 0.667. The molecule has 0 radical (unpaired) electrons. The van der Waals surface area contributed by atoms with Gasteiger partial charge in [-0.05, 0) is 13.3 Å². The first-order valence-corrected chi connectivity index (χ1v) is 6.84. The highest BCUT2D eigenvalue weighted by Crippen LogP contribution is 2.20. The number of carbonyl (C=O) groups is 3. The molecule has 1 saturated heterocycles. The minimum absolute atomic E-state index is 0.0104. The maximum Gasteiger partial charge on any atom is 0.313 e. The summed E-state index contributed by atoms with van der Waals surface area (Å²) in [4.78, 5) is 33.1. The van der Waals surface area contributed by atoms with E-state index in [9.17, 15) is 14.4 Å². The van der Waals surface area contributed by atoms with E-state index in [2.05, 4.69) is 5.32 Å². The number of carboxylic acids is 1. The molecular formula is C9H13NO4S2. The number of rotatable bonds is 5. The van der Waals surface area contributed by atoms with Crippen molar-refractivity contribution in [2.75, 3.05) is 11.5 Å². The van der Waals surface area contributed by atoms with E-state index in [-0.39, 0.29) is 16.8 Å². The van der Waals surface area contributed by atoms with Crippen molar-refractivity contribution in [2.45, 2.75) is 24.6 Å².